The van der Waals surface area contributed by atoms with Gasteiger partial charge in [-0.3, -0.25) is 23.4 Å². The van der Waals surface area contributed by atoms with Crippen LogP contribution in [0.1, 0.15) is 6.23 Å². The first-order valence-electron chi connectivity index (χ1n) is 6.31. The molecule has 9 nitrogen and oxygen atoms in total. The van der Waals surface area contributed by atoms with Crippen LogP contribution in [-0.4, -0.2) is 53.2 Å². The van der Waals surface area contributed by atoms with Crippen molar-refractivity contribution in [2.45, 2.75) is 24.6 Å². The molecule has 1 aliphatic heterocycles. The number of aromatic nitrogens is 2. The summed E-state index contributed by atoms with van der Waals surface area (Å²) in [6, 6.07) is 1.04. The monoisotopic (exact) mass is 338 g/mol. The summed E-state index contributed by atoms with van der Waals surface area (Å²) in [6.45, 7) is 0.822. The fourth-order valence-corrected chi connectivity index (χ4v) is 2.90. The number of nitrogens with one attached hydrogen (secondary N) is 1. The molecule has 0 spiro atoms. The molecule has 0 aromatic carbocycles. The van der Waals surface area contributed by atoms with Crippen LogP contribution < -0.4 is 11.2 Å². The van der Waals surface area contributed by atoms with Crippen molar-refractivity contribution in [2.75, 3.05) is 20.4 Å². The molecule has 1 saturated heterocycles. The zero-order chi connectivity index (χ0) is 16.5. The highest BCUT2D eigenvalue weighted by Gasteiger charge is 2.49. The van der Waals surface area contributed by atoms with Crippen LogP contribution in [0.3, 0.4) is 0 Å². The molecule has 5 atom stereocenters. The summed E-state index contributed by atoms with van der Waals surface area (Å²) in [5.41, 5.74) is -1.50. The molecule has 0 radical (unpaired) electrons. The zero-order valence-electron chi connectivity index (χ0n) is 11.8. The van der Waals surface area contributed by atoms with Gasteiger partial charge in [0.05, 0.1) is 6.61 Å². The number of H-pyrrole nitrogens is 1. The number of methoxy groups -OCH3 is 1. The fraction of sp³-hybridized carbons (Fsp3) is 0.636. The molecule has 1 aromatic heterocycles. The Hall–Kier alpha value is -1.32. The number of nitrogens with zero attached hydrogens (tertiary/aromatic N) is 1. The average Bonchev–Trinajstić information content (AvgIpc) is 2.67. The average molecular weight is 338 g/mol. The van der Waals surface area contributed by atoms with E-state index in [0.29, 0.717) is 0 Å². The van der Waals surface area contributed by atoms with Crippen molar-refractivity contribution in [3.05, 3.63) is 33.1 Å². The van der Waals surface area contributed by atoms with Crippen molar-refractivity contribution in [3.8, 4) is 0 Å². The number of hydrogen-bond acceptors (Lipinski definition) is 6. The summed E-state index contributed by atoms with van der Waals surface area (Å²) in [5.74, 6) is 0. The van der Waals surface area contributed by atoms with E-state index < -0.39 is 43.5 Å². The molecule has 2 heterocycles. The Bertz CT molecular complexity index is 684. The molecule has 0 bridgehead atoms. The van der Waals surface area contributed by atoms with E-state index in [2.05, 4.69) is 0 Å². The van der Waals surface area contributed by atoms with Crippen LogP contribution in [0.5, 0.6) is 0 Å². The van der Waals surface area contributed by atoms with E-state index in [1.165, 1.54) is 7.11 Å². The topological polar surface area (TPSA) is 120 Å². The van der Waals surface area contributed by atoms with Crippen molar-refractivity contribution < 1.29 is 27.8 Å². The smallest absolute Gasteiger partial charge is 0.330 e. The van der Waals surface area contributed by atoms with E-state index in [4.69, 9.17) is 14.0 Å². The van der Waals surface area contributed by atoms with Gasteiger partial charge in [0.2, 0.25) is 0 Å². The summed E-state index contributed by atoms with van der Waals surface area (Å²) in [5, 5.41) is 0. The van der Waals surface area contributed by atoms with Crippen molar-refractivity contribution in [2.24, 2.45) is 0 Å². The van der Waals surface area contributed by atoms with Gasteiger partial charge in [-0.15, -0.1) is 0 Å². The molecule has 0 aliphatic carbocycles. The minimum Gasteiger partial charge on any atom is -0.382 e. The van der Waals surface area contributed by atoms with Crippen molar-refractivity contribution in [3.63, 3.8) is 0 Å². The second-order valence-corrected chi connectivity index (χ2v) is 6.67. The van der Waals surface area contributed by atoms with Gasteiger partial charge in [-0.2, -0.15) is 0 Å². The molecule has 2 rings (SSSR count). The third-order valence-electron chi connectivity index (χ3n) is 3.04. The minimum absolute atomic E-state index is 0.0975. The van der Waals surface area contributed by atoms with Crippen molar-refractivity contribution >= 4 is 7.60 Å². The highest BCUT2D eigenvalue weighted by Crippen LogP contribution is 2.44. The van der Waals surface area contributed by atoms with Crippen molar-refractivity contribution in [1.29, 1.82) is 0 Å². The molecule has 11 heteroatoms. The SMILES string of the molecule is COC[C@H]1O[C@@H](n2ccc(=O)[nH]c2=O)[C@@H](F)C1OP(C)(=O)O. The molecule has 22 heavy (non-hydrogen) atoms. The summed E-state index contributed by atoms with van der Waals surface area (Å²) >= 11 is 0. The third kappa shape index (κ3) is 3.71. The molecule has 124 valence electrons. The van der Waals surface area contributed by atoms with Gasteiger partial charge in [-0.1, -0.05) is 0 Å². The summed E-state index contributed by atoms with van der Waals surface area (Å²) in [7, 11) is -2.63. The molecule has 0 saturated carbocycles. The Kier molecular flexibility index (Phi) is 4.98. The lowest BCUT2D eigenvalue weighted by molar-refractivity contribution is -0.0553. The second kappa shape index (κ2) is 6.43. The minimum atomic E-state index is -3.97. The van der Waals surface area contributed by atoms with E-state index in [1.54, 1.807) is 0 Å². The Labute approximate surface area is 124 Å². The van der Waals surface area contributed by atoms with E-state index in [9.17, 15) is 23.4 Å². The molecule has 1 aliphatic rings. The standard InChI is InChI=1S/C11H16FN2O7P/c1-19-5-6-9(21-22(2,17)18)8(12)10(20-6)14-4-3-7(15)13-11(14)16/h3-4,6,8-10H,5H2,1-2H3,(H,17,18)(H,13,15,16)/t6-,8+,9?,10-/m1/s1. The first-order chi connectivity index (χ1) is 10.2. The third-order valence-corrected chi connectivity index (χ3v) is 3.68. The maximum absolute atomic E-state index is 14.5. The van der Waals surface area contributed by atoms with Crippen LogP contribution in [0.2, 0.25) is 0 Å². The summed E-state index contributed by atoms with van der Waals surface area (Å²) in [4.78, 5) is 34.0. The van der Waals surface area contributed by atoms with E-state index in [0.717, 1.165) is 23.5 Å². The Morgan fingerprint density at radius 2 is 2.23 bits per heavy atom. The molecular formula is C11H16FN2O7P. The van der Waals surface area contributed by atoms with Crippen molar-refractivity contribution in [1.82, 2.24) is 9.55 Å². The first-order valence-corrected chi connectivity index (χ1v) is 8.34. The van der Waals surface area contributed by atoms with Gasteiger partial charge in [-0.25, -0.2) is 9.18 Å². The van der Waals surface area contributed by atoms with Crippen LogP contribution in [0.15, 0.2) is 21.9 Å². The van der Waals surface area contributed by atoms with Crippen LogP contribution in [0.25, 0.3) is 0 Å². The normalized spacial score (nSPS) is 31.1. The van der Waals surface area contributed by atoms with Crippen LogP contribution in [-0.2, 0) is 18.6 Å². The Morgan fingerprint density at radius 1 is 1.55 bits per heavy atom. The van der Waals surface area contributed by atoms with Crippen LogP contribution >= 0.6 is 7.60 Å². The lowest BCUT2D eigenvalue weighted by Crippen LogP contribution is -2.36. The summed E-state index contributed by atoms with van der Waals surface area (Å²) in [6.07, 6.45) is -4.59. The fourth-order valence-electron chi connectivity index (χ4n) is 2.20. The predicted octanol–water partition coefficient (Wildman–Crippen LogP) is -0.381. The molecule has 2 unspecified atom stereocenters. The van der Waals surface area contributed by atoms with Gasteiger partial charge in [0, 0.05) is 26.0 Å². The first kappa shape index (κ1) is 17.0. The van der Waals surface area contributed by atoms with E-state index in [-0.39, 0.29) is 6.61 Å². The predicted molar refractivity (Wildman–Crippen MR) is 72.6 cm³/mol. The maximum atomic E-state index is 14.5. The molecule has 1 aromatic rings. The number of rotatable bonds is 5. The zero-order valence-corrected chi connectivity index (χ0v) is 12.7. The molecular weight excluding hydrogens is 322 g/mol. The van der Waals surface area contributed by atoms with Crippen LogP contribution in [0.4, 0.5) is 4.39 Å². The highest BCUT2D eigenvalue weighted by atomic mass is 31.2. The molecule has 2 N–H and O–H groups in total. The quantitative estimate of drug-likeness (QED) is 0.702. The summed E-state index contributed by atoms with van der Waals surface area (Å²) < 4.78 is 41.8. The van der Waals surface area contributed by atoms with E-state index in [1.807, 2.05) is 4.98 Å². The largest absolute Gasteiger partial charge is 0.382 e. The van der Waals surface area contributed by atoms with Gasteiger partial charge < -0.3 is 14.4 Å². The second-order valence-electron chi connectivity index (χ2n) is 4.86. The number of alkyl halides is 1. The number of ether oxygens (including phenoxy) is 2. The molecule has 1 fully saturated rings. The molecule has 0 amide bonds. The van der Waals surface area contributed by atoms with Gasteiger partial charge in [0.25, 0.3) is 5.56 Å². The number of aromatic amines is 1. The lowest BCUT2D eigenvalue weighted by Gasteiger charge is -2.20. The lowest BCUT2D eigenvalue weighted by atomic mass is 10.1. The van der Waals surface area contributed by atoms with Gasteiger partial charge in [0.1, 0.15) is 12.2 Å². The Morgan fingerprint density at radius 3 is 2.77 bits per heavy atom. The highest BCUT2D eigenvalue weighted by molar-refractivity contribution is 7.51. The van der Waals surface area contributed by atoms with Gasteiger partial charge in [0.15, 0.2) is 12.4 Å². The van der Waals surface area contributed by atoms with Crippen LogP contribution in [0, 0.1) is 0 Å². The van der Waals surface area contributed by atoms with Gasteiger partial charge >= 0.3 is 13.3 Å². The number of hydrogen-bond donors (Lipinski definition) is 2. The van der Waals surface area contributed by atoms with E-state index >= 15 is 0 Å². The maximum Gasteiger partial charge on any atom is 0.330 e. The number of halogens is 1. The van der Waals surface area contributed by atoms with Gasteiger partial charge in [-0.05, 0) is 0 Å². The Balaban J connectivity index is 2.32.